The minimum Gasteiger partial charge on any atom is -0.497 e. The molecule has 0 radical (unpaired) electrons. The van der Waals surface area contributed by atoms with Crippen molar-refractivity contribution in [1.82, 2.24) is 9.97 Å². The Kier molecular flexibility index (Phi) is 3.42. The number of nitrogens with one attached hydrogen (secondary N) is 1. The molecule has 0 spiro atoms. The van der Waals surface area contributed by atoms with E-state index in [4.69, 9.17) is 9.47 Å². The highest BCUT2D eigenvalue weighted by molar-refractivity contribution is 7.17. The summed E-state index contributed by atoms with van der Waals surface area (Å²) in [6, 6.07) is 7.59. The van der Waals surface area contributed by atoms with E-state index >= 15 is 0 Å². The monoisotopic (exact) mass is 329 g/mol. The third kappa shape index (κ3) is 2.53. The van der Waals surface area contributed by atoms with E-state index in [9.17, 15) is 4.79 Å². The fourth-order valence-corrected chi connectivity index (χ4v) is 3.45. The van der Waals surface area contributed by atoms with Gasteiger partial charge in [-0.2, -0.15) is 0 Å². The van der Waals surface area contributed by atoms with Crippen molar-refractivity contribution in [3.63, 3.8) is 0 Å². The van der Waals surface area contributed by atoms with Crippen molar-refractivity contribution in [2.75, 3.05) is 25.2 Å². The first kappa shape index (κ1) is 14.1. The molecule has 1 aliphatic rings. The molecule has 1 N–H and O–H groups in total. The van der Waals surface area contributed by atoms with Crippen molar-refractivity contribution < 1.29 is 9.47 Å². The smallest absolute Gasteiger partial charge is 0.268 e. The van der Waals surface area contributed by atoms with Crippen molar-refractivity contribution >= 4 is 27.2 Å². The summed E-state index contributed by atoms with van der Waals surface area (Å²) in [6.45, 7) is 1.85. The molecule has 7 heteroatoms. The zero-order valence-electron chi connectivity index (χ0n) is 12.5. The molecule has 0 atom stereocenters. The van der Waals surface area contributed by atoms with Crippen LogP contribution in [0, 0.1) is 0 Å². The second kappa shape index (κ2) is 5.58. The Balaban J connectivity index is 1.70. The molecule has 3 heterocycles. The number of hydrogen-bond acceptors (Lipinski definition) is 6. The summed E-state index contributed by atoms with van der Waals surface area (Å²) < 4.78 is 11.6. The maximum Gasteiger partial charge on any atom is 0.268 e. The van der Waals surface area contributed by atoms with Crippen LogP contribution in [0.1, 0.15) is 5.82 Å². The van der Waals surface area contributed by atoms with E-state index in [2.05, 4.69) is 14.9 Å². The molecule has 0 unspecified atom stereocenters. The highest BCUT2D eigenvalue weighted by Gasteiger charge is 2.20. The zero-order chi connectivity index (χ0) is 15.8. The van der Waals surface area contributed by atoms with E-state index in [1.165, 1.54) is 11.3 Å². The van der Waals surface area contributed by atoms with Gasteiger partial charge in [-0.15, -0.1) is 11.3 Å². The largest absolute Gasteiger partial charge is 0.497 e. The van der Waals surface area contributed by atoms with E-state index in [-0.39, 0.29) is 5.56 Å². The van der Waals surface area contributed by atoms with Crippen LogP contribution >= 0.6 is 11.3 Å². The van der Waals surface area contributed by atoms with Crippen LogP contribution in [0.3, 0.4) is 0 Å². The molecule has 0 fully saturated rings. The Labute approximate surface area is 136 Å². The van der Waals surface area contributed by atoms with Gasteiger partial charge in [0.1, 0.15) is 28.6 Å². The fraction of sp³-hybridized carbons (Fsp3) is 0.250. The summed E-state index contributed by atoms with van der Waals surface area (Å²) in [4.78, 5) is 21.7. The summed E-state index contributed by atoms with van der Waals surface area (Å²) >= 11 is 1.41. The Morgan fingerprint density at radius 3 is 3.22 bits per heavy atom. The zero-order valence-corrected chi connectivity index (χ0v) is 13.4. The molecule has 2 aromatic heterocycles. The van der Waals surface area contributed by atoms with E-state index in [0.717, 1.165) is 29.2 Å². The number of hydrogen-bond donors (Lipinski definition) is 1. The van der Waals surface area contributed by atoms with Crippen LogP contribution in [0.25, 0.3) is 10.2 Å². The Morgan fingerprint density at radius 1 is 1.43 bits per heavy atom. The minimum atomic E-state index is -0.0841. The Hall–Kier alpha value is -2.54. The number of fused-ring (bicyclic) bond motifs is 2. The van der Waals surface area contributed by atoms with Gasteiger partial charge in [-0.25, -0.2) is 4.98 Å². The number of benzene rings is 1. The predicted octanol–water partition coefficient (Wildman–Crippen LogP) is 2.39. The SMILES string of the molecule is COc1ccc2c(c1)N(Cc1nc3ccsc3c(=O)[nH]1)CCO2. The molecule has 1 aliphatic heterocycles. The summed E-state index contributed by atoms with van der Waals surface area (Å²) in [5.41, 5.74) is 1.61. The van der Waals surface area contributed by atoms with Gasteiger partial charge in [-0.05, 0) is 23.6 Å². The number of rotatable bonds is 3. The predicted molar refractivity (Wildman–Crippen MR) is 89.8 cm³/mol. The number of thiophene rings is 1. The van der Waals surface area contributed by atoms with Crippen molar-refractivity contribution in [2.45, 2.75) is 6.54 Å². The van der Waals surface area contributed by atoms with Gasteiger partial charge in [0.05, 0.1) is 31.4 Å². The average Bonchev–Trinajstić information content (AvgIpc) is 3.04. The number of aromatic amines is 1. The quantitative estimate of drug-likeness (QED) is 0.799. The number of methoxy groups -OCH3 is 1. The molecular formula is C16H15N3O3S. The van der Waals surface area contributed by atoms with Crippen LogP contribution in [0.4, 0.5) is 5.69 Å². The lowest BCUT2D eigenvalue weighted by Crippen LogP contribution is -2.33. The summed E-state index contributed by atoms with van der Waals surface area (Å²) in [5.74, 6) is 2.24. The van der Waals surface area contributed by atoms with E-state index in [1.807, 2.05) is 29.6 Å². The molecule has 0 amide bonds. The van der Waals surface area contributed by atoms with E-state index < -0.39 is 0 Å². The van der Waals surface area contributed by atoms with E-state index in [0.29, 0.717) is 23.7 Å². The van der Waals surface area contributed by atoms with Crippen molar-refractivity contribution in [3.05, 3.63) is 45.8 Å². The standard InChI is InChI=1S/C16H15N3O3S/c1-21-10-2-3-13-12(8-10)19(5-6-22-13)9-14-17-11-4-7-23-15(11)16(20)18-14/h2-4,7-8H,5-6,9H2,1H3,(H,17,18,20). The fourth-order valence-electron chi connectivity index (χ4n) is 2.72. The molecular weight excluding hydrogens is 314 g/mol. The molecule has 0 saturated heterocycles. The van der Waals surface area contributed by atoms with Gasteiger partial charge in [0.15, 0.2) is 0 Å². The highest BCUT2D eigenvalue weighted by Crippen LogP contribution is 2.35. The van der Waals surface area contributed by atoms with Crippen LogP contribution in [0.2, 0.25) is 0 Å². The molecule has 0 bridgehead atoms. The van der Waals surface area contributed by atoms with Crippen molar-refractivity contribution in [3.8, 4) is 11.5 Å². The average molecular weight is 329 g/mol. The topological polar surface area (TPSA) is 67.5 Å². The molecule has 118 valence electrons. The first-order valence-electron chi connectivity index (χ1n) is 7.27. The second-order valence-corrected chi connectivity index (χ2v) is 6.17. The molecule has 1 aromatic carbocycles. The summed E-state index contributed by atoms with van der Waals surface area (Å²) in [7, 11) is 1.64. The first-order chi connectivity index (χ1) is 11.2. The van der Waals surface area contributed by atoms with Gasteiger partial charge in [0.2, 0.25) is 0 Å². The van der Waals surface area contributed by atoms with Gasteiger partial charge in [0, 0.05) is 6.07 Å². The third-order valence-corrected chi connectivity index (χ3v) is 4.73. The molecule has 0 saturated carbocycles. The van der Waals surface area contributed by atoms with Gasteiger partial charge in [-0.3, -0.25) is 4.79 Å². The summed E-state index contributed by atoms with van der Waals surface area (Å²) in [6.07, 6.45) is 0. The number of H-pyrrole nitrogens is 1. The molecule has 23 heavy (non-hydrogen) atoms. The van der Waals surface area contributed by atoms with Crippen molar-refractivity contribution in [2.24, 2.45) is 0 Å². The first-order valence-corrected chi connectivity index (χ1v) is 8.15. The Bertz CT molecular complexity index is 918. The van der Waals surface area contributed by atoms with Gasteiger partial charge >= 0.3 is 0 Å². The highest BCUT2D eigenvalue weighted by atomic mass is 32.1. The lowest BCUT2D eigenvalue weighted by Gasteiger charge is -2.31. The lowest BCUT2D eigenvalue weighted by atomic mass is 10.2. The van der Waals surface area contributed by atoms with Gasteiger partial charge in [-0.1, -0.05) is 0 Å². The number of ether oxygens (including phenoxy) is 2. The lowest BCUT2D eigenvalue weighted by molar-refractivity contribution is 0.305. The second-order valence-electron chi connectivity index (χ2n) is 5.25. The van der Waals surface area contributed by atoms with Crippen LogP contribution in [0.15, 0.2) is 34.4 Å². The van der Waals surface area contributed by atoms with E-state index in [1.54, 1.807) is 7.11 Å². The van der Waals surface area contributed by atoms with Gasteiger partial charge in [0.25, 0.3) is 5.56 Å². The molecule has 4 rings (SSSR count). The number of anilines is 1. The van der Waals surface area contributed by atoms with Crippen LogP contribution < -0.4 is 19.9 Å². The van der Waals surface area contributed by atoms with Gasteiger partial charge < -0.3 is 19.4 Å². The van der Waals surface area contributed by atoms with Crippen LogP contribution in [-0.4, -0.2) is 30.2 Å². The Morgan fingerprint density at radius 2 is 2.35 bits per heavy atom. The third-order valence-electron chi connectivity index (χ3n) is 3.83. The molecule has 3 aromatic rings. The van der Waals surface area contributed by atoms with Crippen LogP contribution in [-0.2, 0) is 6.54 Å². The molecule has 0 aliphatic carbocycles. The number of nitrogens with zero attached hydrogens (tertiary/aromatic N) is 2. The number of aromatic nitrogens is 2. The van der Waals surface area contributed by atoms with Crippen molar-refractivity contribution in [1.29, 1.82) is 0 Å². The minimum absolute atomic E-state index is 0.0841. The maximum atomic E-state index is 12.1. The normalized spacial score (nSPS) is 13.7. The summed E-state index contributed by atoms with van der Waals surface area (Å²) in [5, 5.41) is 1.88. The van der Waals surface area contributed by atoms with Crippen LogP contribution in [0.5, 0.6) is 11.5 Å². The molecule has 6 nitrogen and oxygen atoms in total. The maximum absolute atomic E-state index is 12.1.